The second kappa shape index (κ2) is 5.58. The molecule has 0 fully saturated rings. The predicted octanol–water partition coefficient (Wildman–Crippen LogP) is 2.57. The molecular weight excluding hydrogens is 308 g/mol. The van der Waals surface area contributed by atoms with Crippen LogP contribution in [0.1, 0.15) is 16.2 Å². The quantitative estimate of drug-likeness (QED) is 0.600. The van der Waals surface area contributed by atoms with Gasteiger partial charge >= 0.3 is 0 Å². The van der Waals surface area contributed by atoms with E-state index >= 15 is 0 Å². The molecule has 1 amide bonds. The maximum absolute atomic E-state index is 12.4. The summed E-state index contributed by atoms with van der Waals surface area (Å²) in [6.07, 6.45) is 0. The van der Waals surface area contributed by atoms with Crippen LogP contribution in [0.5, 0.6) is 0 Å². The van der Waals surface area contributed by atoms with E-state index in [4.69, 9.17) is 4.52 Å². The summed E-state index contributed by atoms with van der Waals surface area (Å²) < 4.78 is 4.98. The lowest BCUT2D eigenvalue weighted by atomic mass is 10.1. The molecule has 0 atom stereocenters. The van der Waals surface area contributed by atoms with E-state index in [1.807, 2.05) is 12.1 Å². The van der Waals surface area contributed by atoms with Crippen LogP contribution < -0.4 is 5.32 Å². The van der Waals surface area contributed by atoms with Crippen LogP contribution in [0, 0.1) is 6.92 Å². The van der Waals surface area contributed by atoms with Gasteiger partial charge in [0.2, 0.25) is 11.7 Å². The summed E-state index contributed by atoms with van der Waals surface area (Å²) in [5.74, 6) is 0.731. The summed E-state index contributed by atoms with van der Waals surface area (Å²) in [7, 11) is 0. The average molecular weight is 320 g/mol. The number of nitrogens with one attached hydrogen (secondary N) is 2. The molecule has 0 aliphatic carbocycles. The highest BCUT2D eigenvalue weighted by atomic mass is 16.5. The Bertz CT molecular complexity index is 1040. The molecule has 2 N–H and O–H groups in total. The smallest absolute Gasteiger partial charge is 0.255 e. The minimum atomic E-state index is -0.235. The van der Waals surface area contributed by atoms with Crippen molar-refractivity contribution in [2.75, 3.05) is 5.32 Å². The van der Waals surface area contributed by atoms with Gasteiger partial charge in [-0.2, -0.15) is 20.4 Å². The molecule has 2 heterocycles. The maximum Gasteiger partial charge on any atom is 0.255 e. The number of aryl methyl sites for hydroxylation is 1. The number of rotatable bonds is 3. The highest BCUT2D eigenvalue weighted by molar-refractivity contribution is 6.06. The number of aromatic nitrogens is 5. The topological polar surface area (TPSA) is 110 Å². The summed E-state index contributed by atoms with van der Waals surface area (Å²) in [6, 6.07) is 12.4. The van der Waals surface area contributed by atoms with Gasteiger partial charge in [-0.05, 0) is 30.3 Å². The number of fused-ring (bicyclic) bond motifs is 1. The minimum Gasteiger partial charge on any atom is -0.339 e. The zero-order valence-corrected chi connectivity index (χ0v) is 12.6. The summed E-state index contributed by atoms with van der Waals surface area (Å²) in [5, 5.41) is 17.2. The van der Waals surface area contributed by atoms with Crippen molar-refractivity contribution >= 4 is 22.6 Å². The summed E-state index contributed by atoms with van der Waals surface area (Å²) >= 11 is 0. The largest absolute Gasteiger partial charge is 0.339 e. The van der Waals surface area contributed by atoms with E-state index < -0.39 is 0 Å². The Balaban J connectivity index is 1.59. The highest BCUT2D eigenvalue weighted by Gasteiger charge is 2.10. The predicted molar refractivity (Wildman–Crippen MR) is 86.3 cm³/mol. The van der Waals surface area contributed by atoms with E-state index in [9.17, 15) is 4.79 Å². The van der Waals surface area contributed by atoms with Gasteiger partial charge in [-0.15, -0.1) is 0 Å². The van der Waals surface area contributed by atoms with Crippen molar-refractivity contribution in [1.82, 2.24) is 25.6 Å². The molecule has 8 nitrogen and oxygen atoms in total. The van der Waals surface area contributed by atoms with Gasteiger partial charge in [0.25, 0.3) is 5.91 Å². The molecule has 4 aromatic rings. The first-order valence-electron chi connectivity index (χ1n) is 7.22. The van der Waals surface area contributed by atoms with Gasteiger partial charge in [-0.25, -0.2) is 0 Å². The molecule has 24 heavy (non-hydrogen) atoms. The van der Waals surface area contributed by atoms with E-state index in [1.165, 1.54) is 0 Å². The zero-order valence-electron chi connectivity index (χ0n) is 12.6. The van der Waals surface area contributed by atoms with Crippen LogP contribution >= 0.6 is 0 Å². The van der Waals surface area contributed by atoms with Gasteiger partial charge in [0.05, 0.1) is 0 Å². The molecule has 118 valence electrons. The fourth-order valence-electron chi connectivity index (χ4n) is 2.34. The average Bonchev–Trinajstić information content (AvgIpc) is 3.23. The molecule has 0 radical (unpaired) electrons. The van der Waals surface area contributed by atoms with Crippen LogP contribution in [0.15, 0.2) is 47.0 Å². The molecule has 0 saturated heterocycles. The molecule has 0 bridgehead atoms. The number of hydrogen-bond donors (Lipinski definition) is 2. The number of amides is 1. The molecule has 2 aromatic heterocycles. The first-order chi connectivity index (χ1) is 11.7. The van der Waals surface area contributed by atoms with E-state index in [-0.39, 0.29) is 5.91 Å². The number of hydrogen-bond acceptors (Lipinski definition) is 6. The summed E-state index contributed by atoms with van der Waals surface area (Å²) in [4.78, 5) is 16.6. The van der Waals surface area contributed by atoms with Gasteiger partial charge in [0.15, 0.2) is 0 Å². The number of carbonyl (C=O) groups excluding carboxylic acids is 1. The second-order valence-electron chi connectivity index (χ2n) is 5.20. The Hall–Kier alpha value is -3.55. The van der Waals surface area contributed by atoms with E-state index in [1.54, 1.807) is 37.3 Å². The van der Waals surface area contributed by atoms with Crippen molar-refractivity contribution in [2.24, 2.45) is 0 Å². The normalized spacial score (nSPS) is 10.9. The maximum atomic E-state index is 12.4. The Morgan fingerprint density at radius 3 is 2.83 bits per heavy atom. The van der Waals surface area contributed by atoms with E-state index in [2.05, 4.69) is 30.9 Å². The van der Waals surface area contributed by atoms with Gasteiger partial charge in [0, 0.05) is 23.7 Å². The van der Waals surface area contributed by atoms with Crippen LogP contribution in [-0.4, -0.2) is 31.5 Å². The van der Waals surface area contributed by atoms with Crippen LogP contribution in [0.25, 0.3) is 22.4 Å². The molecule has 2 aromatic carbocycles. The van der Waals surface area contributed by atoms with Crippen molar-refractivity contribution < 1.29 is 9.32 Å². The summed E-state index contributed by atoms with van der Waals surface area (Å²) in [5.41, 5.74) is 3.24. The Labute approximate surface area is 135 Å². The highest BCUT2D eigenvalue weighted by Crippen LogP contribution is 2.21. The Kier molecular flexibility index (Phi) is 3.27. The molecule has 0 saturated carbocycles. The number of benzene rings is 2. The first-order valence-corrected chi connectivity index (χ1v) is 7.22. The van der Waals surface area contributed by atoms with Crippen LogP contribution in [-0.2, 0) is 0 Å². The van der Waals surface area contributed by atoms with Crippen LogP contribution in [0.4, 0.5) is 5.69 Å². The third-order valence-electron chi connectivity index (χ3n) is 3.48. The molecule has 0 aliphatic heterocycles. The first kappa shape index (κ1) is 14.1. The SMILES string of the molecule is Cc1nc(-c2cccc(NC(=O)c3ccc4n[nH]nc4c3)c2)no1. The van der Waals surface area contributed by atoms with Gasteiger partial charge in [-0.3, -0.25) is 4.79 Å². The lowest BCUT2D eigenvalue weighted by molar-refractivity contribution is 0.102. The van der Waals surface area contributed by atoms with Crippen molar-refractivity contribution in [3.8, 4) is 11.4 Å². The Morgan fingerprint density at radius 2 is 2.00 bits per heavy atom. The van der Waals surface area contributed by atoms with Gasteiger partial charge in [-0.1, -0.05) is 17.3 Å². The number of H-pyrrole nitrogens is 1. The van der Waals surface area contributed by atoms with Crippen LogP contribution in [0.3, 0.4) is 0 Å². The van der Waals surface area contributed by atoms with Crippen molar-refractivity contribution in [3.05, 3.63) is 53.9 Å². The van der Waals surface area contributed by atoms with Crippen LogP contribution in [0.2, 0.25) is 0 Å². The molecule has 0 aliphatic rings. The van der Waals surface area contributed by atoms with Gasteiger partial charge in [0.1, 0.15) is 11.0 Å². The minimum absolute atomic E-state index is 0.235. The van der Waals surface area contributed by atoms with Crippen molar-refractivity contribution in [1.29, 1.82) is 0 Å². The third kappa shape index (κ3) is 2.60. The zero-order chi connectivity index (χ0) is 16.5. The van der Waals surface area contributed by atoms with E-state index in [0.717, 1.165) is 5.56 Å². The fraction of sp³-hybridized carbons (Fsp3) is 0.0625. The Morgan fingerprint density at radius 1 is 1.12 bits per heavy atom. The third-order valence-corrected chi connectivity index (χ3v) is 3.48. The fourth-order valence-corrected chi connectivity index (χ4v) is 2.34. The number of nitrogens with zero attached hydrogens (tertiary/aromatic N) is 4. The molecule has 8 heteroatoms. The molecular formula is C16H12N6O2. The number of aromatic amines is 1. The lowest BCUT2D eigenvalue weighted by Crippen LogP contribution is -2.11. The van der Waals surface area contributed by atoms with Gasteiger partial charge < -0.3 is 9.84 Å². The van der Waals surface area contributed by atoms with Crippen molar-refractivity contribution in [2.45, 2.75) is 6.92 Å². The molecule has 4 rings (SSSR count). The standard InChI is InChI=1S/C16H12N6O2/c1-9-17-15(21-24-9)10-3-2-4-12(7-10)18-16(23)11-5-6-13-14(8-11)20-22-19-13/h2-8H,1H3,(H,18,23)(H,19,20,22). The molecule has 0 spiro atoms. The molecule has 0 unspecified atom stereocenters. The lowest BCUT2D eigenvalue weighted by Gasteiger charge is -2.06. The monoisotopic (exact) mass is 320 g/mol. The van der Waals surface area contributed by atoms with E-state index in [0.29, 0.717) is 34.0 Å². The number of anilines is 1. The van der Waals surface area contributed by atoms with Crippen molar-refractivity contribution in [3.63, 3.8) is 0 Å². The summed E-state index contributed by atoms with van der Waals surface area (Å²) in [6.45, 7) is 1.72. The number of carbonyl (C=O) groups is 1. The second-order valence-corrected chi connectivity index (χ2v) is 5.20.